The van der Waals surface area contributed by atoms with E-state index in [1.165, 1.54) is 12.5 Å². The zero-order valence-corrected chi connectivity index (χ0v) is 8.46. The van der Waals surface area contributed by atoms with Crippen molar-refractivity contribution in [1.29, 1.82) is 5.26 Å². The lowest BCUT2D eigenvalue weighted by molar-refractivity contribution is 0.577. The first-order chi connectivity index (χ1) is 7.29. The number of hydrogen-bond acceptors (Lipinski definition) is 2. The molecule has 1 N–H and O–H groups in total. The van der Waals surface area contributed by atoms with Gasteiger partial charge in [0.2, 0.25) is 0 Å². The molecule has 1 saturated heterocycles. The summed E-state index contributed by atoms with van der Waals surface area (Å²) in [5, 5.41) is 12.0. The second-order valence-electron chi connectivity index (χ2n) is 3.99. The van der Waals surface area contributed by atoms with Crippen molar-refractivity contribution in [3.63, 3.8) is 0 Å². The van der Waals surface area contributed by atoms with Crippen LogP contribution in [-0.4, -0.2) is 13.1 Å². The van der Waals surface area contributed by atoms with Crippen LogP contribution in [0.1, 0.15) is 17.5 Å². The molecule has 1 unspecified atom stereocenters. The zero-order valence-electron chi connectivity index (χ0n) is 8.46. The van der Waals surface area contributed by atoms with Gasteiger partial charge in [-0.3, -0.25) is 0 Å². The Labute approximate surface area is 88.7 Å². The van der Waals surface area contributed by atoms with E-state index in [0.29, 0.717) is 5.92 Å². The molecule has 2 rings (SSSR count). The maximum Gasteiger partial charge on any atom is 0.140 e. The van der Waals surface area contributed by atoms with Crippen LogP contribution in [0.4, 0.5) is 4.39 Å². The molecule has 1 atom stereocenters. The number of nitriles is 1. The Hall–Kier alpha value is -1.40. The van der Waals surface area contributed by atoms with Crippen LogP contribution in [0.25, 0.3) is 0 Å². The third kappa shape index (κ3) is 2.34. The van der Waals surface area contributed by atoms with Gasteiger partial charge in [0.1, 0.15) is 11.9 Å². The summed E-state index contributed by atoms with van der Waals surface area (Å²) in [5.74, 6) is 0.202. The third-order valence-electron chi connectivity index (χ3n) is 2.84. The lowest BCUT2D eigenvalue weighted by atomic mass is 9.97. The monoisotopic (exact) mass is 204 g/mol. The first kappa shape index (κ1) is 10.1. The Balaban J connectivity index is 2.11. The van der Waals surface area contributed by atoms with Crippen LogP contribution in [0.5, 0.6) is 0 Å². The predicted molar refractivity (Wildman–Crippen MR) is 55.8 cm³/mol. The van der Waals surface area contributed by atoms with E-state index in [1.54, 1.807) is 12.1 Å². The van der Waals surface area contributed by atoms with Gasteiger partial charge in [0.05, 0.1) is 5.56 Å². The maximum absolute atomic E-state index is 13.0. The van der Waals surface area contributed by atoms with Crippen LogP contribution in [0.2, 0.25) is 0 Å². The molecule has 0 saturated carbocycles. The molecule has 1 aliphatic heterocycles. The van der Waals surface area contributed by atoms with Crippen molar-refractivity contribution in [3.8, 4) is 6.07 Å². The van der Waals surface area contributed by atoms with Gasteiger partial charge in [-0.1, -0.05) is 6.07 Å². The minimum Gasteiger partial charge on any atom is -0.316 e. The second-order valence-corrected chi connectivity index (χ2v) is 3.99. The average molecular weight is 204 g/mol. The number of rotatable bonds is 2. The molecular formula is C12H13FN2. The van der Waals surface area contributed by atoms with Gasteiger partial charge in [0.15, 0.2) is 0 Å². The van der Waals surface area contributed by atoms with E-state index in [4.69, 9.17) is 5.26 Å². The van der Waals surface area contributed by atoms with Crippen LogP contribution in [0.15, 0.2) is 18.2 Å². The molecule has 0 amide bonds. The third-order valence-corrected chi connectivity index (χ3v) is 2.84. The molecule has 1 aromatic carbocycles. The molecule has 15 heavy (non-hydrogen) atoms. The minimum atomic E-state index is -0.425. The van der Waals surface area contributed by atoms with Crippen molar-refractivity contribution in [2.45, 2.75) is 12.8 Å². The van der Waals surface area contributed by atoms with E-state index in [0.717, 1.165) is 25.1 Å². The SMILES string of the molecule is N#Cc1cc(CC2CCNC2)ccc1F. The molecule has 1 aromatic rings. The van der Waals surface area contributed by atoms with Crippen LogP contribution in [0, 0.1) is 23.1 Å². The highest BCUT2D eigenvalue weighted by molar-refractivity contribution is 5.34. The molecule has 1 aliphatic rings. The van der Waals surface area contributed by atoms with Gasteiger partial charge >= 0.3 is 0 Å². The Morgan fingerprint density at radius 1 is 1.53 bits per heavy atom. The lowest BCUT2D eigenvalue weighted by Crippen LogP contribution is -2.10. The Morgan fingerprint density at radius 3 is 3.07 bits per heavy atom. The number of nitrogens with one attached hydrogen (secondary N) is 1. The molecule has 0 aliphatic carbocycles. The summed E-state index contributed by atoms with van der Waals surface area (Å²) in [6, 6.07) is 6.69. The average Bonchev–Trinajstić information content (AvgIpc) is 2.73. The normalized spacial score (nSPS) is 20.1. The fraction of sp³-hybridized carbons (Fsp3) is 0.417. The van der Waals surface area contributed by atoms with E-state index in [-0.39, 0.29) is 5.56 Å². The van der Waals surface area contributed by atoms with Crippen LogP contribution < -0.4 is 5.32 Å². The standard InChI is InChI=1S/C12H13FN2/c13-12-2-1-9(6-11(12)7-14)5-10-3-4-15-8-10/h1-2,6,10,15H,3-5,8H2. The van der Waals surface area contributed by atoms with Gasteiger partial charge < -0.3 is 5.32 Å². The highest BCUT2D eigenvalue weighted by Crippen LogP contribution is 2.17. The summed E-state index contributed by atoms with van der Waals surface area (Å²) in [4.78, 5) is 0. The smallest absolute Gasteiger partial charge is 0.140 e. The summed E-state index contributed by atoms with van der Waals surface area (Å²) < 4.78 is 13.0. The Bertz CT molecular complexity index is 389. The highest BCUT2D eigenvalue weighted by Gasteiger charge is 2.15. The second kappa shape index (κ2) is 4.41. The number of halogens is 1. The van der Waals surface area contributed by atoms with Crippen molar-refractivity contribution in [2.75, 3.05) is 13.1 Å². The van der Waals surface area contributed by atoms with E-state index >= 15 is 0 Å². The van der Waals surface area contributed by atoms with Gasteiger partial charge in [0, 0.05) is 0 Å². The number of nitrogens with zero attached hydrogens (tertiary/aromatic N) is 1. The van der Waals surface area contributed by atoms with Gasteiger partial charge in [-0.05, 0) is 49.5 Å². The fourth-order valence-electron chi connectivity index (χ4n) is 2.01. The summed E-state index contributed by atoms with van der Waals surface area (Å²) in [6.07, 6.45) is 2.10. The Morgan fingerprint density at radius 2 is 2.40 bits per heavy atom. The largest absolute Gasteiger partial charge is 0.316 e. The molecular weight excluding hydrogens is 191 g/mol. The van der Waals surface area contributed by atoms with Gasteiger partial charge in [0.25, 0.3) is 0 Å². The summed E-state index contributed by atoms with van der Waals surface area (Å²) in [7, 11) is 0. The molecule has 0 spiro atoms. The van der Waals surface area contributed by atoms with E-state index in [1.807, 2.05) is 6.07 Å². The first-order valence-electron chi connectivity index (χ1n) is 5.19. The molecule has 78 valence electrons. The van der Waals surface area contributed by atoms with Gasteiger partial charge in [-0.15, -0.1) is 0 Å². The molecule has 1 heterocycles. The van der Waals surface area contributed by atoms with E-state index < -0.39 is 5.82 Å². The van der Waals surface area contributed by atoms with Crippen LogP contribution >= 0.6 is 0 Å². The predicted octanol–water partition coefficient (Wildman–Crippen LogP) is 1.85. The number of benzene rings is 1. The van der Waals surface area contributed by atoms with Crippen LogP contribution in [-0.2, 0) is 6.42 Å². The van der Waals surface area contributed by atoms with Crippen molar-refractivity contribution in [3.05, 3.63) is 35.1 Å². The summed E-state index contributed by atoms with van der Waals surface area (Å²) in [6.45, 7) is 2.09. The first-order valence-corrected chi connectivity index (χ1v) is 5.19. The minimum absolute atomic E-state index is 0.151. The van der Waals surface area contributed by atoms with E-state index in [2.05, 4.69) is 5.32 Å². The topological polar surface area (TPSA) is 35.8 Å². The molecule has 3 heteroatoms. The molecule has 0 bridgehead atoms. The van der Waals surface area contributed by atoms with Crippen molar-refractivity contribution < 1.29 is 4.39 Å². The molecule has 1 fully saturated rings. The highest BCUT2D eigenvalue weighted by atomic mass is 19.1. The van der Waals surface area contributed by atoms with Gasteiger partial charge in [-0.2, -0.15) is 5.26 Å². The number of hydrogen-bond donors (Lipinski definition) is 1. The van der Waals surface area contributed by atoms with Gasteiger partial charge in [-0.25, -0.2) is 4.39 Å². The molecule has 2 nitrogen and oxygen atoms in total. The lowest BCUT2D eigenvalue weighted by Gasteiger charge is -2.08. The fourth-order valence-corrected chi connectivity index (χ4v) is 2.01. The van der Waals surface area contributed by atoms with E-state index in [9.17, 15) is 4.39 Å². The zero-order chi connectivity index (χ0) is 10.7. The van der Waals surface area contributed by atoms with Crippen molar-refractivity contribution in [1.82, 2.24) is 5.32 Å². The summed E-state index contributed by atoms with van der Waals surface area (Å²) in [5.41, 5.74) is 1.21. The summed E-state index contributed by atoms with van der Waals surface area (Å²) >= 11 is 0. The van der Waals surface area contributed by atoms with Crippen molar-refractivity contribution in [2.24, 2.45) is 5.92 Å². The van der Waals surface area contributed by atoms with Crippen molar-refractivity contribution >= 4 is 0 Å². The van der Waals surface area contributed by atoms with Crippen LogP contribution in [0.3, 0.4) is 0 Å². The molecule has 0 radical (unpaired) electrons. The maximum atomic E-state index is 13.0. The molecule has 0 aromatic heterocycles. The Kier molecular flexibility index (Phi) is 2.98. The quantitative estimate of drug-likeness (QED) is 0.798.